The summed E-state index contributed by atoms with van der Waals surface area (Å²) < 4.78 is 10.5. The molecule has 0 saturated carbocycles. The zero-order valence-corrected chi connectivity index (χ0v) is 12.7. The molecule has 0 aliphatic heterocycles. The Kier molecular flexibility index (Phi) is 3.63. The van der Waals surface area contributed by atoms with E-state index in [4.69, 9.17) is 9.26 Å². The maximum atomic E-state index is 12.4. The third kappa shape index (κ3) is 2.57. The number of fused-ring (bicyclic) bond motifs is 1. The van der Waals surface area contributed by atoms with E-state index in [1.165, 1.54) is 0 Å². The van der Waals surface area contributed by atoms with Gasteiger partial charge in [-0.25, -0.2) is 4.79 Å². The lowest BCUT2D eigenvalue weighted by molar-refractivity contribution is 0.0473. The normalized spacial score (nSPS) is 10.9. The first-order chi connectivity index (χ1) is 10.6. The minimum Gasteiger partial charge on any atom is -0.457 e. The highest BCUT2D eigenvalue weighted by Crippen LogP contribution is 2.20. The monoisotopic (exact) mass is 296 g/mol. The molecule has 0 radical (unpaired) electrons. The van der Waals surface area contributed by atoms with E-state index in [9.17, 15) is 4.79 Å². The summed E-state index contributed by atoms with van der Waals surface area (Å²) in [6.45, 7) is 5.63. The van der Waals surface area contributed by atoms with Crippen LogP contribution in [0.4, 0.5) is 0 Å². The standard InChI is InChI=1S/C17H16N2O3/c1-10-8-14(13-6-4-5-7-16(13)18-10)17(20)21-9-15-11(2)19-22-12(15)3/h4-8H,9H2,1-3H3. The summed E-state index contributed by atoms with van der Waals surface area (Å²) in [5, 5.41) is 4.64. The summed E-state index contributed by atoms with van der Waals surface area (Å²) in [4.78, 5) is 16.9. The molecule has 0 aliphatic rings. The maximum Gasteiger partial charge on any atom is 0.339 e. The SMILES string of the molecule is Cc1cc(C(=O)OCc2c(C)noc2C)c2ccccc2n1. The van der Waals surface area contributed by atoms with Gasteiger partial charge in [-0.05, 0) is 32.9 Å². The van der Waals surface area contributed by atoms with Crippen LogP contribution in [0.2, 0.25) is 0 Å². The molecule has 0 atom stereocenters. The first-order valence-corrected chi connectivity index (χ1v) is 7.01. The molecule has 3 aromatic rings. The van der Waals surface area contributed by atoms with Crippen molar-refractivity contribution in [2.24, 2.45) is 0 Å². The molecular formula is C17H16N2O3. The van der Waals surface area contributed by atoms with Crippen LogP contribution in [0.5, 0.6) is 0 Å². The van der Waals surface area contributed by atoms with Gasteiger partial charge in [0, 0.05) is 11.1 Å². The van der Waals surface area contributed by atoms with E-state index in [1.54, 1.807) is 13.0 Å². The molecule has 0 N–H and O–H groups in total. The zero-order chi connectivity index (χ0) is 15.7. The lowest BCUT2D eigenvalue weighted by atomic mass is 10.1. The van der Waals surface area contributed by atoms with Crippen molar-refractivity contribution >= 4 is 16.9 Å². The molecule has 0 aliphatic carbocycles. The summed E-state index contributed by atoms with van der Waals surface area (Å²) in [7, 11) is 0. The summed E-state index contributed by atoms with van der Waals surface area (Å²) in [5.74, 6) is 0.294. The Labute approximate surface area is 127 Å². The summed E-state index contributed by atoms with van der Waals surface area (Å²) in [6, 6.07) is 9.28. The Morgan fingerprint density at radius 3 is 2.73 bits per heavy atom. The van der Waals surface area contributed by atoms with E-state index in [0.29, 0.717) is 11.3 Å². The molecule has 0 amide bonds. The van der Waals surface area contributed by atoms with Gasteiger partial charge >= 0.3 is 5.97 Å². The number of nitrogens with zero attached hydrogens (tertiary/aromatic N) is 2. The lowest BCUT2D eigenvalue weighted by Crippen LogP contribution is -2.08. The number of rotatable bonds is 3. The van der Waals surface area contributed by atoms with Crippen LogP contribution in [0, 0.1) is 20.8 Å². The number of pyridine rings is 1. The molecule has 0 spiro atoms. The highest BCUT2D eigenvalue weighted by molar-refractivity contribution is 6.03. The van der Waals surface area contributed by atoms with Gasteiger partial charge in [0.25, 0.3) is 0 Å². The second-order valence-corrected chi connectivity index (χ2v) is 5.21. The fraction of sp³-hybridized carbons (Fsp3) is 0.235. The first-order valence-electron chi connectivity index (χ1n) is 7.01. The van der Waals surface area contributed by atoms with E-state index in [2.05, 4.69) is 10.1 Å². The molecule has 5 heteroatoms. The lowest BCUT2D eigenvalue weighted by Gasteiger charge is -2.08. The van der Waals surface area contributed by atoms with Crippen molar-refractivity contribution in [1.82, 2.24) is 10.1 Å². The quantitative estimate of drug-likeness (QED) is 0.692. The minimum absolute atomic E-state index is 0.149. The smallest absolute Gasteiger partial charge is 0.339 e. The van der Waals surface area contributed by atoms with Gasteiger partial charge in [0.2, 0.25) is 0 Å². The van der Waals surface area contributed by atoms with E-state index >= 15 is 0 Å². The van der Waals surface area contributed by atoms with Gasteiger partial charge in [-0.3, -0.25) is 4.98 Å². The molecule has 0 saturated heterocycles. The van der Waals surface area contributed by atoms with Gasteiger partial charge in [0.15, 0.2) is 0 Å². The first kappa shape index (κ1) is 14.3. The third-order valence-electron chi connectivity index (χ3n) is 3.59. The third-order valence-corrected chi connectivity index (χ3v) is 3.59. The van der Waals surface area contributed by atoms with Crippen molar-refractivity contribution in [3.8, 4) is 0 Å². The molecule has 1 aromatic carbocycles. The van der Waals surface area contributed by atoms with Crippen LogP contribution in [-0.2, 0) is 11.3 Å². The van der Waals surface area contributed by atoms with Crippen molar-refractivity contribution in [2.45, 2.75) is 27.4 Å². The highest BCUT2D eigenvalue weighted by Gasteiger charge is 2.16. The molecule has 2 aromatic heterocycles. The van der Waals surface area contributed by atoms with Gasteiger partial charge < -0.3 is 9.26 Å². The van der Waals surface area contributed by atoms with Crippen LogP contribution in [-0.4, -0.2) is 16.1 Å². The number of para-hydroxylation sites is 1. The number of carbonyl (C=O) groups is 1. The highest BCUT2D eigenvalue weighted by atomic mass is 16.5. The number of hydrogen-bond donors (Lipinski definition) is 0. The molecule has 5 nitrogen and oxygen atoms in total. The topological polar surface area (TPSA) is 65.2 Å². The van der Waals surface area contributed by atoms with Crippen molar-refractivity contribution in [3.63, 3.8) is 0 Å². The number of aryl methyl sites for hydroxylation is 3. The van der Waals surface area contributed by atoms with Crippen molar-refractivity contribution in [2.75, 3.05) is 0 Å². The van der Waals surface area contributed by atoms with E-state index in [0.717, 1.165) is 27.9 Å². The predicted molar refractivity (Wildman–Crippen MR) is 81.6 cm³/mol. The fourth-order valence-electron chi connectivity index (χ4n) is 2.40. The van der Waals surface area contributed by atoms with Gasteiger partial charge in [-0.15, -0.1) is 0 Å². The van der Waals surface area contributed by atoms with Gasteiger partial charge in [-0.1, -0.05) is 23.4 Å². The Bertz CT molecular complexity index is 833. The molecule has 0 fully saturated rings. The van der Waals surface area contributed by atoms with E-state index in [-0.39, 0.29) is 12.6 Å². The molecule has 2 heterocycles. The number of benzene rings is 1. The van der Waals surface area contributed by atoms with Crippen LogP contribution in [0.3, 0.4) is 0 Å². The van der Waals surface area contributed by atoms with Crippen LogP contribution in [0.1, 0.15) is 33.1 Å². The average molecular weight is 296 g/mol. The van der Waals surface area contributed by atoms with E-state index in [1.807, 2.05) is 38.1 Å². The number of aromatic nitrogens is 2. The number of carbonyl (C=O) groups excluding carboxylic acids is 1. The van der Waals surface area contributed by atoms with Crippen LogP contribution < -0.4 is 0 Å². The maximum absolute atomic E-state index is 12.4. The van der Waals surface area contributed by atoms with Crippen molar-refractivity contribution in [1.29, 1.82) is 0 Å². The average Bonchev–Trinajstić information content (AvgIpc) is 2.82. The second-order valence-electron chi connectivity index (χ2n) is 5.21. The molecule has 112 valence electrons. The van der Waals surface area contributed by atoms with Crippen molar-refractivity contribution < 1.29 is 14.1 Å². The Morgan fingerprint density at radius 2 is 2.00 bits per heavy atom. The second kappa shape index (κ2) is 5.60. The number of esters is 1. The minimum atomic E-state index is -0.373. The molecule has 3 rings (SSSR count). The Hall–Kier alpha value is -2.69. The van der Waals surface area contributed by atoms with Crippen molar-refractivity contribution in [3.05, 3.63) is 58.6 Å². The van der Waals surface area contributed by atoms with Gasteiger partial charge in [0.05, 0.1) is 22.3 Å². The van der Waals surface area contributed by atoms with Gasteiger partial charge in [-0.2, -0.15) is 0 Å². The molecular weight excluding hydrogens is 280 g/mol. The molecule has 22 heavy (non-hydrogen) atoms. The van der Waals surface area contributed by atoms with Gasteiger partial charge in [0.1, 0.15) is 12.4 Å². The van der Waals surface area contributed by atoms with Crippen LogP contribution in [0.25, 0.3) is 10.9 Å². The summed E-state index contributed by atoms with van der Waals surface area (Å²) >= 11 is 0. The largest absolute Gasteiger partial charge is 0.457 e. The Balaban J connectivity index is 1.89. The number of hydrogen-bond acceptors (Lipinski definition) is 5. The van der Waals surface area contributed by atoms with Crippen LogP contribution in [0.15, 0.2) is 34.9 Å². The number of ether oxygens (including phenoxy) is 1. The molecule has 0 bridgehead atoms. The summed E-state index contributed by atoms with van der Waals surface area (Å²) in [6.07, 6.45) is 0. The van der Waals surface area contributed by atoms with E-state index < -0.39 is 0 Å². The Morgan fingerprint density at radius 1 is 1.23 bits per heavy atom. The predicted octanol–water partition coefficient (Wildman–Crippen LogP) is 3.51. The zero-order valence-electron chi connectivity index (χ0n) is 12.7. The van der Waals surface area contributed by atoms with Crippen LogP contribution >= 0.6 is 0 Å². The molecule has 0 unspecified atom stereocenters. The fourth-order valence-corrected chi connectivity index (χ4v) is 2.40. The summed E-state index contributed by atoms with van der Waals surface area (Å²) in [5.41, 5.74) is 3.63.